The monoisotopic (exact) mass is 313 g/mol. The van der Waals surface area contributed by atoms with Crippen molar-refractivity contribution in [1.29, 1.82) is 0 Å². The molecule has 1 aliphatic rings. The van der Waals surface area contributed by atoms with Crippen molar-refractivity contribution in [3.63, 3.8) is 0 Å². The van der Waals surface area contributed by atoms with Crippen LogP contribution in [0.15, 0.2) is 52.9 Å². The van der Waals surface area contributed by atoms with Gasteiger partial charge in [-0.25, -0.2) is 12.8 Å². The maximum absolute atomic E-state index is 13.3. The van der Waals surface area contributed by atoms with Crippen LogP contribution in [0.25, 0.3) is 11.6 Å². The zero-order valence-electron chi connectivity index (χ0n) is 12.2. The van der Waals surface area contributed by atoms with E-state index in [1.54, 1.807) is 30.3 Å². The molecule has 2 nitrogen and oxygen atoms in total. The minimum Gasteiger partial charge on any atom is -0.224 e. The molecular formula is C18H14FO2S. The number of hydrogen-bond acceptors (Lipinski definition) is 2. The molecule has 0 aromatic heterocycles. The van der Waals surface area contributed by atoms with Crippen molar-refractivity contribution < 1.29 is 12.8 Å². The summed E-state index contributed by atoms with van der Waals surface area (Å²) in [6, 6.07) is 11.3. The number of hydrogen-bond donors (Lipinski definition) is 0. The smallest absolute Gasteiger partial charge is 0.175 e. The lowest BCUT2D eigenvalue weighted by atomic mass is 10.0. The molecule has 4 heteroatoms. The topological polar surface area (TPSA) is 34.1 Å². The van der Waals surface area contributed by atoms with Crippen LogP contribution in [0, 0.1) is 11.9 Å². The minimum absolute atomic E-state index is 0.280. The maximum atomic E-state index is 13.3. The predicted molar refractivity (Wildman–Crippen MR) is 85.4 cm³/mol. The van der Waals surface area contributed by atoms with Gasteiger partial charge in [-0.2, -0.15) is 0 Å². The summed E-state index contributed by atoms with van der Waals surface area (Å²) in [6.45, 7) is 1.93. The van der Waals surface area contributed by atoms with E-state index in [-0.39, 0.29) is 5.82 Å². The number of rotatable bonds is 2. The number of fused-ring (bicyclic) bond motifs is 1. The van der Waals surface area contributed by atoms with Gasteiger partial charge in [0.25, 0.3) is 0 Å². The van der Waals surface area contributed by atoms with Crippen molar-refractivity contribution in [1.82, 2.24) is 0 Å². The zero-order chi connectivity index (χ0) is 15.9. The van der Waals surface area contributed by atoms with Gasteiger partial charge in [0, 0.05) is 6.26 Å². The highest BCUT2D eigenvalue weighted by Crippen LogP contribution is 2.35. The average Bonchev–Trinajstić information content (AvgIpc) is 2.74. The van der Waals surface area contributed by atoms with E-state index in [9.17, 15) is 12.8 Å². The molecule has 0 saturated heterocycles. The first-order chi connectivity index (χ1) is 10.3. The lowest BCUT2D eigenvalue weighted by Gasteiger charge is -2.05. The van der Waals surface area contributed by atoms with Crippen LogP contribution in [0.3, 0.4) is 0 Å². The van der Waals surface area contributed by atoms with Crippen LogP contribution in [0.5, 0.6) is 0 Å². The normalized spacial score (nSPS) is 15.8. The van der Waals surface area contributed by atoms with Crippen LogP contribution in [0.4, 0.5) is 4.39 Å². The van der Waals surface area contributed by atoms with Crippen LogP contribution < -0.4 is 0 Å². The Labute approximate surface area is 129 Å². The van der Waals surface area contributed by atoms with Crippen LogP contribution in [-0.4, -0.2) is 14.7 Å². The van der Waals surface area contributed by atoms with Crippen molar-refractivity contribution in [3.05, 3.63) is 76.6 Å². The zero-order valence-corrected chi connectivity index (χ0v) is 13.0. The molecule has 2 aromatic rings. The summed E-state index contributed by atoms with van der Waals surface area (Å²) in [7, 11) is -3.19. The van der Waals surface area contributed by atoms with Crippen molar-refractivity contribution >= 4 is 21.5 Å². The highest BCUT2D eigenvalue weighted by Gasteiger charge is 2.17. The lowest BCUT2D eigenvalue weighted by Crippen LogP contribution is -1.96. The first kappa shape index (κ1) is 14.7. The summed E-state index contributed by atoms with van der Waals surface area (Å²) in [6.07, 6.45) is 6.30. The quantitative estimate of drug-likeness (QED) is 0.843. The molecule has 0 saturated carbocycles. The van der Waals surface area contributed by atoms with E-state index in [0.29, 0.717) is 4.90 Å². The Morgan fingerprint density at radius 2 is 1.77 bits per heavy atom. The third-order valence-electron chi connectivity index (χ3n) is 3.62. The first-order valence-electron chi connectivity index (χ1n) is 6.77. The Hall–Kier alpha value is -2.20. The predicted octanol–water partition coefficient (Wildman–Crippen LogP) is 3.88. The molecule has 0 heterocycles. The summed E-state index contributed by atoms with van der Waals surface area (Å²) in [5, 5.41) is 0. The molecule has 0 spiro atoms. The van der Waals surface area contributed by atoms with Gasteiger partial charge in [0.05, 0.1) is 4.90 Å². The third kappa shape index (κ3) is 2.74. The Morgan fingerprint density at radius 3 is 2.41 bits per heavy atom. The summed E-state index contributed by atoms with van der Waals surface area (Å²) in [5.41, 5.74) is 4.48. The van der Waals surface area contributed by atoms with Crippen LogP contribution in [0.1, 0.15) is 23.6 Å². The second-order valence-electron chi connectivity index (χ2n) is 5.34. The number of sulfone groups is 1. The van der Waals surface area contributed by atoms with Crippen molar-refractivity contribution in [2.75, 3.05) is 6.26 Å². The Morgan fingerprint density at radius 1 is 1.09 bits per heavy atom. The van der Waals surface area contributed by atoms with E-state index >= 15 is 0 Å². The maximum Gasteiger partial charge on any atom is 0.175 e. The SMILES string of the molecule is CC1=[C]c2cc(F)ccc2C1=Cc1ccc(S(C)(=O)=O)cc1. The molecule has 2 aromatic carbocycles. The van der Waals surface area contributed by atoms with Crippen LogP contribution in [0.2, 0.25) is 0 Å². The van der Waals surface area contributed by atoms with Gasteiger partial charge in [-0.15, -0.1) is 0 Å². The van der Waals surface area contributed by atoms with Crippen molar-refractivity contribution in [3.8, 4) is 0 Å². The van der Waals surface area contributed by atoms with Crippen molar-refractivity contribution in [2.24, 2.45) is 0 Å². The molecule has 0 bridgehead atoms. The summed E-state index contributed by atoms with van der Waals surface area (Å²) < 4.78 is 36.2. The Balaban J connectivity index is 2.02. The van der Waals surface area contributed by atoms with Gasteiger partial charge in [0.15, 0.2) is 9.84 Å². The average molecular weight is 313 g/mol. The van der Waals surface area contributed by atoms with Gasteiger partial charge >= 0.3 is 0 Å². The van der Waals surface area contributed by atoms with E-state index in [4.69, 9.17) is 0 Å². The highest BCUT2D eigenvalue weighted by molar-refractivity contribution is 7.90. The molecule has 0 amide bonds. The molecule has 1 radical (unpaired) electrons. The third-order valence-corrected chi connectivity index (χ3v) is 4.75. The van der Waals surface area contributed by atoms with Crippen LogP contribution in [-0.2, 0) is 9.84 Å². The molecule has 0 aliphatic heterocycles. The second-order valence-corrected chi connectivity index (χ2v) is 7.35. The minimum atomic E-state index is -3.19. The standard InChI is InChI=1S/C18H14FO2S/c1-12-9-14-11-15(19)5-8-17(14)18(12)10-13-3-6-16(7-4-13)22(2,20)21/h3-8,10-11H,1-2H3. The molecular weight excluding hydrogens is 299 g/mol. The molecule has 0 atom stereocenters. The van der Waals surface area contributed by atoms with E-state index < -0.39 is 9.84 Å². The fraction of sp³-hybridized carbons (Fsp3) is 0.111. The highest BCUT2D eigenvalue weighted by atomic mass is 32.2. The van der Waals surface area contributed by atoms with E-state index in [0.717, 1.165) is 27.8 Å². The fourth-order valence-corrected chi connectivity index (χ4v) is 3.12. The van der Waals surface area contributed by atoms with Gasteiger partial charge in [-0.1, -0.05) is 18.2 Å². The molecule has 1 aliphatic carbocycles. The Bertz CT molecular complexity index is 905. The number of halogens is 1. The summed E-state index contributed by atoms with van der Waals surface area (Å²) >= 11 is 0. The van der Waals surface area contributed by atoms with Gasteiger partial charge in [0.1, 0.15) is 5.82 Å². The van der Waals surface area contributed by atoms with Gasteiger partial charge in [-0.05, 0) is 71.2 Å². The van der Waals surface area contributed by atoms with Crippen LogP contribution >= 0.6 is 0 Å². The number of benzene rings is 2. The van der Waals surface area contributed by atoms with Gasteiger partial charge in [0.2, 0.25) is 0 Å². The molecule has 0 fully saturated rings. The van der Waals surface area contributed by atoms with E-state index in [2.05, 4.69) is 6.08 Å². The summed E-state index contributed by atoms with van der Waals surface area (Å²) in [4.78, 5) is 0.294. The molecule has 0 unspecified atom stereocenters. The molecule has 3 rings (SSSR count). The second kappa shape index (κ2) is 5.21. The first-order valence-corrected chi connectivity index (χ1v) is 8.66. The summed E-state index contributed by atoms with van der Waals surface area (Å²) in [5.74, 6) is -0.280. The molecule has 22 heavy (non-hydrogen) atoms. The number of allylic oxidation sites excluding steroid dienone is 2. The fourth-order valence-electron chi connectivity index (χ4n) is 2.49. The van der Waals surface area contributed by atoms with Gasteiger partial charge in [-0.3, -0.25) is 0 Å². The van der Waals surface area contributed by atoms with Gasteiger partial charge < -0.3 is 0 Å². The Kier molecular flexibility index (Phi) is 3.49. The van der Waals surface area contributed by atoms with Crippen molar-refractivity contribution in [2.45, 2.75) is 11.8 Å². The molecule has 111 valence electrons. The largest absolute Gasteiger partial charge is 0.224 e. The molecule has 0 N–H and O–H groups in total. The van der Waals surface area contributed by atoms with E-state index in [1.165, 1.54) is 18.4 Å². The van der Waals surface area contributed by atoms with E-state index in [1.807, 2.05) is 13.0 Å². The lowest BCUT2D eigenvalue weighted by molar-refractivity contribution is 0.602.